The van der Waals surface area contributed by atoms with Gasteiger partial charge in [-0.15, -0.1) is 10.2 Å². The molecule has 7 heteroatoms. The number of aromatic nitrogens is 2. The van der Waals surface area contributed by atoms with Gasteiger partial charge in [-0.3, -0.25) is 4.79 Å². The number of nitrogens with zero attached hydrogens (tertiary/aromatic N) is 4. The molecule has 2 aromatic heterocycles. The third-order valence-corrected chi connectivity index (χ3v) is 6.40. The molecular weight excluding hydrogens is 464 g/mol. The Kier molecular flexibility index (Phi) is 6.68. The van der Waals surface area contributed by atoms with Crippen LogP contribution >= 0.6 is 0 Å². The second kappa shape index (κ2) is 10.2. The molecule has 7 nitrogen and oxygen atoms in total. The van der Waals surface area contributed by atoms with Crippen LogP contribution in [0.15, 0.2) is 89.1 Å². The van der Waals surface area contributed by atoms with E-state index in [0.29, 0.717) is 40.4 Å². The van der Waals surface area contributed by atoms with Gasteiger partial charge in [-0.2, -0.15) is 0 Å². The fraction of sp³-hybridized carbons (Fsp3) is 0.200. The molecule has 1 N–H and O–H groups in total. The average Bonchev–Trinajstić information content (AvgIpc) is 3.20. The number of fused-ring (bicyclic) bond motifs is 2. The summed E-state index contributed by atoms with van der Waals surface area (Å²) in [5.41, 5.74) is 3.69. The average molecular weight is 493 g/mol. The molecule has 0 saturated heterocycles. The summed E-state index contributed by atoms with van der Waals surface area (Å²) in [7, 11) is 1.58. The zero-order valence-electron chi connectivity index (χ0n) is 21.0. The van der Waals surface area contributed by atoms with Gasteiger partial charge in [0.2, 0.25) is 5.88 Å². The molecule has 0 atom stereocenters. The summed E-state index contributed by atoms with van der Waals surface area (Å²) in [6.07, 6.45) is 0.898. The molecule has 0 bridgehead atoms. The predicted molar refractivity (Wildman–Crippen MR) is 146 cm³/mol. The molecule has 37 heavy (non-hydrogen) atoms. The van der Waals surface area contributed by atoms with Gasteiger partial charge >= 0.3 is 0 Å². The molecule has 0 aliphatic heterocycles. The molecule has 5 rings (SSSR count). The van der Waals surface area contributed by atoms with E-state index in [4.69, 9.17) is 9.72 Å². The third kappa shape index (κ3) is 4.80. The van der Waals surface area contributed by atoms with Crippen molar-refractivity contribution in [2.24, 2.45) is 16.1 Å². The van der Waals surface area contributed by atoms with E-state index in [1.165, 1.54) is 0 Å². The van der Waals surface area contributed by atoms with E-state index >= 15 is 0 Å². The van der Waals surface area contributed by atoms with Crippen molar-refractivity contribution >= 4 is 33.4 Å². The van der Waals surface area contributed by atoms with Crippen molar-refractivity contribution < 1.29 is 14.6 Å². The number of methoxy groups -OCH3 is 1. The Labute approximate surface area is 215 Å². The standard InChI is InChI=1S/C30H28N4O3/c1-19(2)15-16-34-27-12-8-7-11-22(27)28(30(34)36)32-33-29(35)24-18-26(20-9-5-4-6-10-20)31-25-14-13-21(37-3)17-23(24)25/h4-14,17-19,36H,15-16H2,1-3H3. The zero-order valence-corrected chi connectivity index (χ0v) is 21.0. The Morgan fingerprint density at radius 2 is 1.76 bits per heavy atom. The minimum Gasteiger partial charge on any atom is -0.497 e. The summed E-state index contributed by atoms with van der Waals surface area (Å²) in [5.74, 6) is 0.558. The van der Waals surface area contributed by atoms with Gasteiger partial charge in [0.05, 0.1) is 29.4 Å². The lowest BCUT2D eigenvalue weighted by atomic mass is 10.0. The molecule has 5 aromatic rings. The van der Waals surface area contributed by atoms with E-state index in [1.807, 2.05) is 71.3 Å². The van der Waals surface area contributed by atoms with E-state index in [2.05, 4.69) is 24.1 Å². The van der Waals surface area contributed by atoms with Gasteiger partial charge in [0.15, 0.2) is 5.69 Å². The van der Waals surface area contributed by atoms with E-state index in [-0.39, 0.29) is 11.6 Å². The number of rotatable bonds is 7. The van der Waals surface area contributed by atoms with Crippen LogP contribution in [-0.2, 0) is 6.54 Å². The maximum atomic E-state index is 13.5. The first-order valence-corrected chi connectivity index (χ1v) is 12.3. The number of para-hydroxylation sites is 1. The molecule has 186 valence electrons. The second-order valence-electron chi connectivity index (χ2n) is 9.33. The summed E-state index contributed by atoms with van der Waals surface area (Å²) < 4.78 is 7.21. The minimum atomic E-state index is -0.531. The number of hydrogen-bond acceptors (Lipinski definition) is 5. The smallest absolute Gasteiger partial charge is 0.296 e. The lowest BCUT2D eigenvalue weighted by molar-refractivity contribution is 0.0996. The summed E-state index contributed by atoms with van der Waals surface area (Å²) >= 11 is 0. The van der Waals surface area contributed by atoms with Gasteiger partial charge in [-0.05, 0) is 42.7 Å². The van der Waals surface area contributed by atoms with Crippen molar-refractivity contribution in [3.63, 3.8) is 0 Å². The zero-order chi connectivity index (χ0) is 25.9. The van der Waals surface area contributed by atoms with E-state index < -0.39 is 5.91 Å². The van der Waals surface area contributed by atoms with Crippen LogP contribution < -0.4 is 4.74 Å². The maximum absolute atomic E-state index is 13.5. The molecular formula is C30H28N4O3. The molecule has 3 aromatic carbocycles. The predicted octanol–water partition coefficient (Wildman–Crippen LogP) is 7.54. The molecule has 0 unspecified atom stereocenters. The minimum absolute atomic E-state index is 0.00429. The van der Waals surface area contributed by atoms with Crippen molar-refractivity contribution in [1.82, 2.24) is 9.55 Å². The fourth-order valence-electron chi connectivity index (χ4n) is 4.40. The largest absolute Gasteiger partial charge is 0.497 e. The van der Waals surface area contributed by atoms with Crippen molar-refractivity contribution in [3.8, 4) is 22.9 Å². The van der Waals surface area contributed by atoms with Crippen LogP contribution in [0.25, 0.3) is 33.1 Å². The number of aromatic hydroxyl groups is 1. The van der Waals surface area contributed by atoms with Gasteiger partial charge in [-0.25, -0.2) is 4.98 Å². The second-order valence-corrected chi connectivity index (χ2v) is 9.33. The van der Waals surface area contributed by atoms with Crippen LogP contribution in [0, 0.1) is 5.92 Å². The number of amides is 1. The Balaban J connectivity index is 1.59. The van der Waals surface area contributed by atoms with Gasteiger partial charge in [0.1, 0.15) is 5.75 Å². The summed E-state index contributed by atoms with van der Waals surface area (Å²) in [6.45, 7) is 4.92. The lowest BCUT2D eigenvalue weighted by Gasteiger charge is -2.09. The SMILES string of the molecule is COc1ccc2nc(-c3ccccc3)cc(C(=O)N=Nc3c(O)n(CCC(C)C)c4ccccc34)c2c1. The van der Waals surface area contributed by atoms with Crippen molar-refractivity contribution in [2.75, 3.05) is 7.11 Å². The first kappa shape index (κ1) is 24.2. The van der Waals surface area contributed by atoms with Crippen LogP contribution in [0.1, 0.15) is 30.6 Å². The first-order chi connectivity index (χ1) is 18.0. The van der Waals surface area contributed by atoms with Crippen LogP contribution in [-0.4, -0.2) is 27.7 Å². The molecule has 1 amide bonds. The number of carbonyl (C=O) groups excluding carboxylic acids is 1. The quantitative estimate of drug-likeness (QED) is 0.238. The Bertz CT molecular complexity index is 1620. The topological polar surface area (TPSA) is 89.1 Å². The molecule has 0 fully saturated rings. The van der Waals surface area contributed by atoms with Gasteiger partial charge < -0.3 is 14.4 Å². The normalized spacial score (nSPS) is 11.7. The van der Waals surface area contributed by atoms with Crippen LogP contribution in [0.4, 0.5) is 5.69 Å². The van der Waals surface area contributed by atoms with Gasteiger partial charge in [0, 0.05) is 22.9 Å². The van der Waals surface area contributed by atoms with Crippen LogP contribution in [0.5, 0.6) is 11.6 Å². The highest BCUT2D eigenvalue weighted by Gasteiger charge is 2.19. The first-order valence-electron chi connectivity index (χ1n) is 12.3. The summed E-state index contributed by atoms with van der Waals surface area (Å²) in [6, 6.07) is 24.4. The maximum Gasteiger partial charge on any atom is 0.296 e. The molecule has 0 saturated carbocycles. The van der Waals surface area contributed by atoms with Crippen LogP contribution in [0.3, 0.4) is 0 Å². The monoisotopic (exact) mass is 492 g/mol. The summed E-state index contributed by atoms with van der Waals surface area (Å²) in [5, 5.41) is 20.7. The lowest BCUT2D eigenvalue weighted by Crippen LogP contribution is -2.00. The summed E-state index contributed by atoms with van der Waals surface area (Å²) in [4.78, 5) is 18.2. The Morgan fingerprint density at radius 3 is 2.51 bits per heavy atom. The highest BCUT2D eigenvalue weighted by Crippen LogP contribution is 2.39. The number of ether oxygens (including phenoxy) is 1. The Morgan fingerprint density at radius 1 is 1.00 bits per heavy atom. The molecule has 0 aliphatic rings. The molecule has 0 aliphatic carbocycles. The molecule has 0 radical (unpaired) electrons. The van der Waals surface area contributed by atoms with Crippen molar-refractivity contribution in [1.29, 1.82) is 0 Å². The highest BCUT2D eigenvalue weighted by atomic mass is 16.5. The fourth-order valence-corrected chi connectivity index (χ4v) is 4.40. The van der Waals surface area contributed by atoms with Gasteiger partial charge in [0.25, 0.3) is 5.91 Å². The van der Waals surface area contributed by atoms with Crippen LogP contribution in [0.2, 0.25) is 0 Å². The number of carbonyl (C=O) groups is 1. The highest BCUT2D eigenvalue weighted by molar-refractivity contribution is 6.08. The third-order valence-electron chi connectivity index (χ3n) is 6.40. The molecule has 2 heterocycles. The number of hydrogen-bond donors (Lipinski definition) is 1. The van der Waals surface area contributed by atoms with E-state index in [1.54, 1.807) is 19.2 Å². The van der Waals surface area contributed by atoms with Crippen molar-refractivity contribution in [2.45, 2.75) is 26.8 Å². The number of benzene rings is 3. The van der Waals surface area contributed by atoms with Crippen molar-refractivity contribution in [3.05, 3.63) is 84.4 Å². The Hall–Kier alpha value is -4.52. The number of azo groups is 1. The van der Waals surface area contributed by atoms with E-state index in [9.17, 15) is 9.90 Å². The van der Waals surface area contributed by atoms with Gasteiger partial charge in [-0.1, -0.05) is 62.4 Å². The molecule has 0 spiro atoms. The number of aryl methyl sites for hydroxylation is 1. The van der Waals surface area contributed by atoms with E-state index in [0.717, 1.165) is 22.9 Å². The number of pyridine rings is 1.